The fourth-order valence-electron chi connectivity index (χ4n) is 5.22. The van der Waals surface area contributed by atoms with Crippen molar-refractivity contribution in [2.75, 3.05) is 38.2 Å². The van der Waals surface area contributed by atoms with Gasteiger partial charge in [0.2, 0.25) is 5.91 Å². The van der Waals surface area contributed by atoms with Gasteiger partial charge in [-0.05, 0) is 38.8 Å². The molecule has 0 aromatic carbocycles. The number of pyridine rings is 1. The number of hydrogen-bond donors (Lipinski definition) is 4. The van der Waals surface area contributed by atoms with Crippen LogP contribution in [0.5, 0.6) is 0 Å². The second-order valence-corrected chi connectivity index (χ2v) is 10.8. The van der Waals surface area contributed by atoms with Crippen molar-refractivity contribution in [2.45, 2.75) is 58.9 Å². The van der Waals surface area contributed by atoms with Gasteiger partial charge in [-0.2, -0.15) is 8.78 Å². The number of aromatic nitrogens is 3. The number of amides is 1. The maximum Gasteiger partial charge on any atom is 0.314 e. The summed E-state index contributed by atoms with van der Waals surface area (Å²) in [7, 11) is 0. The van der Waals surface area contributed by atoms with E-state index in [9.17, 15) is 13.6 Å². The lowest BCUT2D eigenvalue weighted by atomic mass is 9.83. The molecule has 3 aliphatic heterocycles. The smallest absolute Gasteiger partial charge is 0.314 e. The van der Waals surface area contributed by atoms with Crippen LogP contribution in [0.1, 0.15) is 64.5 Å². The molecule has 1 amide bonds. The molecule has 39 heavy (non-hydrogen) atoms. The zero-order valence-electron chi connectivity index (χ0n) is 22.6. The monoisotopic (exact) mass is 543 g/mol. The fraction of sp³-hybridized carbons (Fsp3) is 0.577. The highest BCUT2D eigenvalue weighted by Gasteiger charge is 2.46. The number of carbonyl (C=O) groups is 1. The van der Waals surface area contributed by atoms with E-state index in [1.807, 2.05) is 19.9 Å². The number of likely N-dealkylation sites (tertiary alicyclic amines) is 1. The summed E-state index contributed by atoms with van der Waals surface area (Å²) in [6.45, 7) is 11.4. The zero-order chi connectivity index (χ0) is 27.7. The first-order valence-corrected chi connectivity index (χ1v) is 13.3. The van der Waals surface area contributed by atoms with Crippen molar-refractivity contribution in [2.24, 2.45) is 10.4 Å². The van der Waals surface area contributed by atoms with Crippen LogP contribution in [0.2, 0.25) is 0 Å². The molecule has 5 heterocycles. The van der Waals surface area contributed by atoms with Gasteiger partial charge in [0.15, 0.2) is 0 Å². The Morgan fingerprint density at radius 2 is 1.95 bits per heavy atom. The summed E-state index contributed by atoms with van der Waals surface area (Å²) >= 11 is 0. The highest BCUT2D eigenvalue weighted by molar-refractivity contribution is 6.09. The second kappa shape index (κ2) is 10.9. The van der Waals surface area contributed by atoms with Gasteiger partial charge in [0.05, 0.1) is 16.8 Å². The number of hydrogen-bond acceptors (Lipinski definition) is 10. The van der Waals surface area contributed by atoms with Crippen LogP contribution in [0.15, 0.2) is 32.9 Å². The van der Waals surface area contributed by atoms with Crippen LogP contribution in [0, 0.1) is 5.41 Å². The highest BCUT2D eigenvalue weighted by Crippen LogP contribution is 2.39. The number of rotatable bonds is 8. The first-order chi connectivity index (χ1) is 18.6. The molecule has 4 N–H and O–H groups in total. The van der Waals surface area contributed by atoms with Crippen molar-refractivity contribution in [3.63, 3.8) is 0 Å². The predicted molar refractivity (Wildman–Crippen MR) is 142 cm³/mol. The summed E-state index contributed by atoms with van der Waals surface area (Å²) in [5.74, 6) is 0.936. The maximum absolute atomic E-state index is 13.0. The van der Waals surface area contributed by atoms with Gasteiger partial charge in [-0.3, -0.25) is 4.79 Å². The molecule has 0 unspecified atom stereocenters. The van der Waals surface area contributed by atoms with Crippen LogP contribution in [0.25, 0.3) is 11.6 Å². The summed E-state index contributed by atoms with van der Waals surface area (Å²) < 4.78 is 31.2. The Morgan fingerprint density at radius 1 is 1.18 bits per heavy atom. The molecule has 2 aromatic heterocycles. The summed E-state index contributed by atoms with van der Waals surface area (Å²) in [6, 6.07) is 3.99. The third kappa shape index (κ3) is 5.45. The van der Waals surface area contributed by atoms with E-state index in [-0.39, 0.29) is 17.7 Å². The van der Waals surface area contributed by atoms with E-state index in [0.717, 1.165) is 61.1 Å². The topological polar surface area (TPSA) is 133 Å². The molecule has 13 heteroatoms. The Balaban J connectivity index is 1.35. The Hall–Kier alpha value is -3.61. The summed E-state index contributed by atoms with van der Waals surface area (Å²) in [6.07, 6.45) is -1.23. The number of piperidine rings is 1. The highest BCUT2D eigenvalue weighted by atomic mass is 19.3. The van der Waals surface area contributed by atoms with Crippen LogP contribution in [-0.2, 0) is 4.79 Å². The van der Waals surface area contributed by atoms with Crippen molar-refractivity contribution in [1.29, 1.82) is 0 Å². The van der Waals surface area contributed by atoms with Crippen LogP contribution < -0.4 is 21.3 Å². The standard InChI is InChI=1S/C26H35F2N9O2/c1-14(2)29-9-10-30-16-5-6-17(23-35-36-24(39-23)20(27)28)33-19(16)15-7-11-37(12-8-15)22-18-21(31-13-32-22)34-25(38)26(18,3)4/h5-6,14-15,20,29-31H,7-13H2,1-4H3,(H,34,38). The molecule has 0 spiro atoms. The Bertz CT molecular complexity index is 1280. The molecule has 3 aliphatic rings. The summed E-state index contributed by atoms with van der Waals surface area (Å²) in [4.78, 5) is 24.4. The van der Waals surface area contributed by atoms with E-state index in [4.69, 9.17) is 14.4 Å². The van der Waals surface area contributed by atoms with E-state index >= 15 is 0 Å². The van der Waals surface area contributed by atoms with Crippen molar-refractivity contribution in [3.8, 4) is 11.6 Å². The van der Waals surface area contributed by atoms with Gasteiger partial charge >= 0.3 is 6.43 Å². The number of amidine groups is 1. The third-order valence-corrected chi connectivity index (χ3v) is 7.33. The molecule has 0 aliphatic carbocycles. The van der Waals surface area contributed by atoms with Crippen molar-refractivity contribution in [3.05, 3.63) is 35.1 Å². The van der Waals surface area contributed by atoms with Gasteiger partial charge in [0.1, 0.15) is 24.0 Å². The molecule has 0 bridgehead atoms. The number of anilines is 1. The summed E-state index contributed by atoms with van der Waals surface area (Å²) in [5.41, 5.74) is 2.35. The van der Waals surface area contributed by atoms with Gasteiger partial charge in [-0.25, -0.2) is 9.98 Å². The van der Waals surface area contributed by atoms with Crippen LogP contribution in [-0.4, -0.2) is 70.7 Å². The molecule has 0 radical (unpaired) electrons. The van der Waals surface area contributed by atoms with E-state index in [0.29, 0.717) is 24.9 Å². The molecule has 1 saturated heterocycles. The first kappa shape index (κ1) is 27.0. The Labute approximate surface area is 225 Å². The van der Waals surface area contributed by atoms with E-state index in [1.165, 1.54) is 0 Å². The minimum absolute atomic E-state index is 0.0267. The minimum Gasteiger partial charge on any atom is -0.414 e. The van der Waals surface area contributed by atoms with Gasteiger partial charge in [0.25, 0.3) is 11.8 Å². The lowest BCUT2D eigenvalue weighted by Crippen LogP contribution is -2.44. The van der Waals surface area contributed by atoms with E-state index in [1.54, 1.807) is 6.07 Å². The van der Waals surface area contributed by atoms with Crippen molar-refractivity contribution >= 4 is 17.4 Å². The number of nitrogens with zero attached hydrogens (tertiary/aromatic N) is 5. The zero-order valence-corrected chi connectivity index (χ0v) is 22.6. The number of halogens is 2. The normalized spacial score (nSPS) is 19.3. The average molecular weight is 544 g/mol. The van der Waals surface area contributed by atoms with Crippen molar-refractivity contribution < 1.29 is 18.0 Å². The maximum atomic E-state index is 13.0. The van der Waals surface area contributed by atoms with Crippen LogP contribution in [0.4, 0.5) is 14.5 Å². The minimum atomic E-state index is -2.84. The summed E-state index contributed by atoms with van der Waals surface area (Å²) in [5, 5.41) is 20.2. The van der Waals surface area contributed by atoms with Gasteiger partial charge in [-0.1, -0.05) is 13.8 Å². The SMILES string of the molecule is CC(C)NCCNc1ccc(-c2nnc(C(F)F)o2)nc1C1CCN(C2=NCNC3=C2C(C)(C)C(=O)N3)CC1. The van der Waals surface area contributed by atoms with Crippen LogP contribution >= 0.6 is 0 Å². The first-order valence-electron chi connectivity index (χ1n) is 13.3. The van der Waals surface area contributed by atoms with E-state index < -0.39 is 17.7 Å². The van der Waals surface area contributed by atoms with Gasteiger partial charge < -0.3 is 30.6 Å². The molecule has 11 nitrogen and oxygen atoms in total. The van der Waals surface area contributed by atoms with Crippen LogP contribution in [0.3, 0.4) is 0 Å². The fourth-order valence-corrected chi connectivity index (χ4v) is 5.22. The van der Waals surface area contributed by atoms with E-state index in [2.05, 4.69) is 50.2 Å². The van der Waals surface area contributed by atoms with Gasteiger partial charge in [-0.15, -0.1) is 10.2 Å². The number of carbonyl (C=O) groups excluding carboxylic acids is 1. The molecule has 0 saturated carbocycles. The molecule has 0 atom stereocenters. The molecule has 1 fully saturated rings. The number of nitrogens with one attached hydrogen (secondary N) is 4. The quantitative estimate of drug-likeness (QED) is 0.371. The second-order valence-electron chi connectivity index (χ2n) is 10.8. The molecule has 210 valence electrons. The largest absolute Gasteiger partial charge is 0.414 e. The molecule has 2 aromatic rings. The Morgan fingerprint density at radius 3 is 2.64 bits per heavy atom. The number of aliphatic imine (C=N–C) groups is 1. The molecular formula is C26H35F2N9O2. The van der Waals surface area contributed by atoms with Gasteiger partial charge in [0, 0.05) is 43.7 Å². The molecule has 5 rings (SSSR count). The average Bonchev–Trinajstić information content (AvgIpc) is 3.50. The third-order valence-electron chi connectivity index (χ3n) is 7.33. The van der Waals surface area contributed by atoms with Crippen molar-refractivity contribution in [1.82, 2.24) is 36.0 Å². The predicted octanol–water partition coefficient (Wildman–Crippen LogP) is 2.99. The lowest BCUT2D eigenvalue weighted by Gasteiger charge is -2.37. The Kier molecular flexibility index (Phi) is 7.52. The number of alkyl halides is 2. The molecular weight excluding hydrogens is 508 g/mol. The lowest BCUT2D eigenvalue weighted by molar-refractivity contribution is -0.125.